The van der Waals surface area contributed by atoms with Crippen LogP contribution in [0.5, 0.6) is 11.5 Å². The highest BCUT2D eigenvalue weighted by molar-refractivity contribution is 8.42. The lowest BCUT2D eigenvalue weighted by Crippen LogP contribution is -2.35. The number of ether oxygens (including phenoxy) is 2. The summed E-state index contributed by atoms with van der Waals surface area (Å²) in [6.45, 7) is 0. The van der Waals surface area contributed by atoms with Crippen LogP contribution < -0.4 is 9.47 Å². The SMILES string of the molecule is COc1cc(/C=C2\C(=N)N3N=C(S(C)(=O)=O)SC3=NC2=O)ccc1OC(=O)c1ccco1. The number of carbonyl (C=O) groups excluding carboxylic acids is 2. The fraction of sp³-hybridized carbons (Fsp3) is 0.105. The predicted octanol–water partition coefficient (Wildman–Crippen LogP) is 2.13. The van der Waals surface area contributed by atoms with Gasteiger partial charge >= 0.3 is 5.97 Å². The Morgan fingerprint density at radius 3 is 2.72 bits per heavy atom. The Bertz CT molecular complexity index is 1340. The third-order valence-corrected chi connectivity index (χ3v) is 6.75. The molecule has 3 heterocycles. The second kappa shape index (κ2) is 8.09. The zero-order valence-corrected chi connectivity index (χ0v) is 18.2. The summed E-state index contributed by atoms with van der Waals surface area (Å²) >= 11 is 0.703. The molecule has 32 heavy (non-hydrogen) atoms. The second-order valence-corrected chi connectivity index (χ2v) is 9.58. The van der Waals surface area contributed by atoms with E-state index in [2.05, 4.69) is 10.1 Å². The maximum atomic E-state index is 12.5. The van der Waals surface area contributed by atoms with Crippen LogP contribution in [0, 0.1) is 5.41 Å². The molecule has 0 radical (unpaired) electrons. The molecule has 0 fully saturated rings. The minimum atomic E-state index is -3.62. The average Bonchev–Trinajstić information content (AvgIpc) is 3.42. The number of hydrazone groups is 1. The number of hydrogen-bond acceptors (Lipinski definition) is 10. The monoisotopic (exact) mass is 474 g/mol. The zero-order chi connectivity index (χ0) is 23.0. The number of rotatable bonds is 4. The molecule has 4 rings (SSSR count). The summed E-state index contributed by atoms with van der Waals surface area (Å²) in [5.41, 5.74) is 0.348. The maximum Gasteiger partial charge on any atom is 0.379 e. The Morgan fingerprint density at radius 2 is 2.06 bits per heavy atom. The molecule has 0 atom stereocenters. The van der Waals surface area contributed by atoms with Crippen molar-refractivity contribution in [3.63, 3.8) is 0 Å². The Balaban J connectivity index is 1.62. The molecule has 1 aromatic carbocycles. The van der Waals surface area contributed by atoms with Crippen molar-refractivity contribution >= 4 is 54.9 Å². The first-order valence-electron chi connectivity index (χ1n) is 8.81. The molecule has 0 aliphatic carbocycles. The molecular weight excluding hydrogens is 460 g/mol. The molecule has 2 aliphatic heterocycles. The molecule has 11 nitrogen and oxygen atoms in total. The number of sulfone groups is 1. The third-order valence-electron chi connectivity index (χ3n) is 4.18. The minimum absolute atomic E-state index is 0.00431. The number of amidine groups is 2. The Kier molecular flexibility index (Phi) is 5.44. The summed E-state index contributed by atoms with van der Waals surface area (Å²) in [6, 6.07) is 7.51. The van der Waals surface area contributed by atoms with Crippen LogP contribution in [0.4, 0.5) is 0 Å². The van der Waals surface area contributed by atoms with Crippen molar-refractivity contribution in [2.75, 3.05) is 13.4 Å². The van der Waals surface area contributed by atoms with Crippen LogP contribution in [0.1, 0.15) is 16.1 Å². The van der Waals surface area contributed by atoms with Gasteiger partial charge in [-0.1, -0.05) is 6.07 Å². The molecule has 0 saturated heterocycles. The molecule has 0 unspecified atom stereocenters. The Hall–Kier alpha value is -3.71. The van der Waals surface area contributed by atoms with Crippen molar-refractivity contribution in [1.82, 2.24) is 5.01 Å². The van der Waals surface area contributed by atoms with Gasteiger partial charge in [-0.25, -0.2) is 13.2 Å². The molecule has 2 aliphatic rings. The standard InChI is InChI=1S/C19H14N4O7S2/c1-28-14-9-10(5-6-12(14)30-17(25)13-4-3-7-29-13)8-11-15(20)23-18(21-16(11)24)31-19(22-23)32(2,26)27/h3-9,20H,1-2H3/b11-8+,20-15?. The number of nitrogens with zero attached hydrogens (tertiary/aromatic N) is 3. The third kappa shape index (κ3) is 4.07. The summed E-state index contributed by atoms with van der Waals surface area (Å²) in [5.74, 6) is -1.40. The lowest BCUT2D eigenvalue weighted by molar-refractivity contribution is -0.114. The van der Waals surface area contributed by atoms with Gasteiger partial charge in [-0.05, 0) is 47.7 Å². The molecule has 13 heteroatoms. The van der Waals surface area contributed by atoms with Gasteiger partial charge in [0.25, 0.3) is 5.91 Å². The molecule has 164 valence electrons. The number of aliphatic imine (C=N–C) groups is 1. The number of nitrogens with one attached hydrogen (secondary N) is 1. The second-order valence-electron chi connectivity index (χ2n) is 6.44. The molecular formula is C19H14N4O7S2. The molecule has 0 spiro atoms. The van der Waals surface area contributed by atoms with Crippen molar-refractivity contribution in [2.45, 2.75) is 0 Å². The number of thioether (sulfide) groups is 1. The van der Waals surface area contributed by atoms with Gasteiger partial charge in [-0.3, -0.25) is 10.2 Å². The normalized spacial score (nSPS) is 17.2. The average molecular weight is 474 g/mol. The summed E-state index contributed by atoms with van der Waals surface area (Å²) in [5, 5.41) is 13.2. The van der Waals surface area contributed by atoms with Crippen molar-refractivity contribution < 1.29 is 31.9 Å². The molecule has 1 aromatic heterocycles. The van der Waals surface area contributed by atoms with Crippen molar-refractivity contribution in [1.29, 1.82) is 5.41 Å². The largest absolute Gasteiger partial charge is 0.493 e. The summed E-state index contributed by atoms with van der Waals surface area (Å²) in [7, 11) is -2.24. The maximum absolute atomic E-state index is 12.5. The van der Waals surface area contributed by atoms with Gasteiger partial charge in [0.1, 0.15) is 0 Å². The van der Waals surface area contributed by atoms with E-state index < -0.39 is 21.7 Å². The summed E-state index contributed by atoms with van der Waals surface area (Å²) in [4.78, 5) is 28.4. The number of esters is 1. The van der Waals surface area contributed by atoms with Crippen molar-refractivity contribution in [3.05, 3.63) is 53.5 Å². The van der Waals surface area contributed by atoms with E-state index in [0.717, 1.165) is 11.3 Å². The lowest BCUT2D eigenvalue weighted by Gasteiger charge is -2.20. The van der Waals surface area contributed by atoms with Crippen LogP contribution in [0.3, 0.4) is 0 Å². The number of amides is 1. The van der Waals surface area contributed by atoms with Gasteiger partial charge in [0.05, 0.1) is 18.9 Å². The van der Waals surface area contributed by atoms with E-state index >= 15 is 0 Å². The molecule has 1 N–H and O–H groups in total. The van der Waals surface area contributed by atoms with Crippen LogP contribution in [0.2, 0.25) is 0 Å². The highest BCUT2D eigenvalue weighted by Crippen LogP contribution is 2.32. The number of carbonyl (C=O) groups is 2. The van der Waals surface area contributed by atoms with E-state index in [0.29, 0.717) is 17.3 Å². The van der Waals surface area contributed by atoms with E-state index in [1.54, 1.807) is 12.1 Å². The van der Waals surface area contributed by atoms with Gasteiger partial charge in [-0.15, -0.1) is 5.10 Å². The van der Waals surface area contributed by atoms with Crippen LogP contribution in [0.15, 0.2) is 56.7 Å². The van der Waals surface area contributed by atoms with Crippen LogP contribution >= 0.6 is 11.8 Å². The van der Waals surface area contributed by atoms with Crippen molar-refractivity contribution in [3.8, 4) is 11.5 Å². The quantitative estimate of drug-likeness (QED) is 0.399. The number of furan rings is 1. The summed E-state index contributed by atoms with van der Waals surface area (Å²) in [6.07, 6.45) is 3.70. The molecule has 2 aromatic rings. The first-order valence-corrected chi connectivity index (χ1v) is 11.5. The van der Waals surface area contributed by atoms with E-state index in [9.17, 15) is 18.0 Å². The Labute approximate surface area is 185 Å². The highest BCUT2D eigenvalue weighted by Gasteiger charge is 2.38. The first-order chi connectivity index (χ1) is 15.2. The van der Waals surface area contributed by atoms with E-state index in [1.165, 1.54) is 37.6 Å². The topological polar surface area (TPSA) is 152 Å². The first kappa shape index (κ1) is 21.5. The molecule has 0 saturated carbocycles. The van der Waals surface area contributed by atoms with E-state index in [4.69, 9.17) is 19.3 Å². The smallest absolute Gasteiger partial charge is 0.379 e. The number of benzene rings is 1. The number of methoxy groups -OCH3 is 1. The summed E-state index contributed by atoms with van der Waals surface area (Å²) < 4.78 is 38.7. The molecule has 1 amide bonds. The van der Waals surface area contributed by atoms with Gasteiger partial charge in [0.2, 0.25) is 25.1 Å². The highest BCUT2D eigenvalue weighted by atomic mass is 32.3. The predicted molar refractivity (Wildman–Crippen MR) is 117 cm³/mol. The Morgan fingerprint density at radius 1 is 1.28 bits per heavy atom. The van der Waals surface area contributed by atoms with Gasteiger partial charge in [0.15, 0.2) is 17.3 Å². The zero-order valence-electron chi connectivity index (χ0n) is 16.6. The van der Waals surface area contributed by atoms with Gasteiger partial charge < -0.3 is 13.9 Å². The van der Waals surface area contributed by atoms with Crippen LogP contribution in [-0.2, 0) is 14.6 Å². The number of fused-ring (bicyclic) bond motifs is 1. The van der Waals surface area contributed by atoms with E-state index in [-0.39, 0.29) is 38.2 Å². The van der Waals surface area contributed by atoms with Crippen LogP contribution in [-0.4, -0.2) is 54.0 Å². The van der Waals surface area contributed by atoms with Gasteiger partial charge in [-0.2, -0.15) is 10.0 Å². The van der Waals surface area contributed by atoms with Crippen LogP contribution in [0.25, 0.3) is 6.08 Å². The van der Waals surface area contributed by atoms with Crippen molar-refractivity contribution in [2.24, 2.45) is 10.1 Å². The number of hydrogen-bond donors (Lipinski definition) is 1. The molecule has 0 bridgehead atoms. The van der Waals surface area contributed by atoms with Gasteiger partial charge in [0, 0.05) is 6.26 Å². The minimum Gasteiger partial charge on any atom is -0.493 e. The van der Waals surface area contributed by atoms with E-state index in [1.807, 2.05) is 0 Å². The lowest BCUT2D eigenvalue weighted by atomic mass is 10.1. The fourth-order valence-corrected chi connectivity index (χ4v) is 4.38. The fourth-order valence-electron chi connectivity index (χ4n) is 2.69.